The van der Waals surface area contributed by atoms with Gasteiger partial charge in [0.15, 0.2) is 0 Å². The number of allylic oxidation sites excluding steroid dienone is 2. The van der Waals surface area contributed by atoms with Crippen LogP contribution in [-0.2, 0) is 0 Å². The fraction of sp³-hybridized carbons (Fsp3) is 0.867. The lowest BCUT2D eigenvalue weighted by Crippen LogP contribution is -2.27. The van der Waals surface area contributed by atoms with Crippen molar-refractivity contribution in [2.24, 2.45) is 23.7 Å². The maximum Gasteiger partial charge on any atom is -0.00147 e. The van der Waals surface area contributed by atoms with Gasteiger partial charge in [0.1, 0.15) is 0 Å². The second-order valence-electron chi connectivity index (χ2n) is 6.18. The first-order chi connectivity index (χ1) is 7.92. The molecule has 0 aliphatic heterocycles. The highest BCUT2D eigenvalue weighted by Gasteiger charge is 2.34. The van der Waals surface area contributed by atoms with Crippen LogP contribution < -0.4 is 5.32 Å². The summed E-state index contributed by atoms with van der Waals surface area (Å²) in [7, 11) is 0. The van der Waals surface area contributed by atoms with Gasteiger partial charge in [-0.1, -0.05) is 37.8 Å². The zero-order valence-electron chi connectivity index (χ0n) is 10.3. The standard InChI is InChI=1S/C15H25N/c1-2-4-12(3-1)7-8-16-11-15-10-13-5-6-14(15)9-13/h5-6,12-16H,1-4,7-11H2. The summed E-state index contributed by atoms with van der Waals surface area (Å²) in [4.78, 5) is 0. The highest BCUT2D eigenvalue weighted by atomic mass is 14.9. The second-order valence-corrected chi connectivity index (χ2v) is 6.18. The van der Waals surface area contributed by atoms with E-state index in [9.17, 15) is 0 Å². The molecule has 3 aliphatic rings. The Kier molecular flexibility index (Phi) is 3.32. The lowest BCUT2D eigenvalue weighted by atomic mass is 9.93. The zero-order valence-corrected chi connectivity index (χ0v) is 10.3. The number of hydrogen-bond acceptors (Lipinski definition) is 1. The Morgan fingerprint density at radius 2 is 1.94 bits per heavy atom. The molecule has 0 spiro atoms. The Labute approximate surface area is 99.7 Å². The molecule has 0 radical (unpaired) electrons. The fourth-order valence-corrected chi connectivity index (χ4v) is 4.02. The molecule has 90 valence electrons. The van der Waals surface area contributed by atoms with Crippen LogP contribution in [0.25, 0.3) is 0 Å². The molecule has 3 rings (SSSR count). The summed E-state index contributed by atoms with van der Waals surface area (Å²) in [6, 6.07) is 0. The van der Waals surface area contributed by atoms with Gasteiger partial charge in [0, 0.05) is 0 Å². The van der Waals surface area contributed by atoms with Crippen LogP contribution in [0.1, 0.15) is 44.9 Å². The van der Waals surface area contributed by atoms with Crippen molar-refractivity contribution in [3.05, 3.63) is 12.2 Å². The topological polar surface area (TPSA) is 12.0 Å². The van der Waals surface area contributed by atoms with E-state index >= 15 is 0 Å². The van der Waals surface area contributed by atoms with Crippen molar-refractivity contribution in [1.29, 1.82) is 0 Å². The maximum absolute atomic E-state index is 3.71. The second kappa shape index (κ2) is 4.91. The van der Waals surface area contributed by atoms with Crippen molar-refractivity contribution in [2.75, 3.05) is 13.1 Å². The lowest BCUT2D eigenvalue weighted by molar-refractivity contribution is 0.396. The Bertz CT molecular complexity index is 252. The Balaban J connectivity index is 1.30. The van der Waals surface area contributed by atoms with E-state index in [-0.39, 0.29) is 0 Å². The van der Waals surface area contributed by atoms with E-state index in [1.54, 1.807) is 0 Å². The van der Waals surface area contributed by atoms with Gasteiger partial charge in [0.05, 0.1) is 0 Å². The first-order valence-corrected chi connectivity index (χ1v) is 7.31. The van der Waals surface area contributed by atoms with E-state index in [2.05, 4.69) is 17.5 Å². The molecule has 0 saturated heterocycles. The van der Waals surface area contributed by atoms with Crippen molar-refractivity contribution in [2.45, 2.75) is 44.9 Å². The van der Waals surface area contributed by atoms with Crippen molar-refractivity contribution in [3.63, 3.8) is 0 Å². The molecular weight excluding hydrogens is 194 g/mol. The minimum absolute atomic E-state index is 0.920. The molecular formula is C15H25N. The van der Waals surface area contributed by atoms with Crippen LogP contribution >= 0.6 is 0 Å². The van der Waals surface area contributed by atoms with E-state index < -0.39 is 0 Å². The average Bonchev–Trinajstić information content (AvgIpc) is 3.01. The maximum atomic E-state index is 3.71. The predicted molar refractivity (Wildman–Crippen MR) is 68.3 cm³/mol. The minimum atomic E-state index is 0.920. The average molecular weight is 219 g/mol. The van der Waals surface area contributed by atoms with Gasteiger partial charge in [0.2, 0.25) is 0 Å². The molecule has 2 bridgehead atoms. The summed E-state index contributed by atoms with van der Waals surface area (Å²) >= 11 is 0. The van der Waals surface area contributed by atoms with Crippen molar-refractivity contribution in [3.8, 4) is 0 Å². The van der Waals surface area contributed by atoms with Gasteiger partial charge in [-0.15, -0.1) is 0 Å². The minimum Gasteiger partial charge on any atom is -0.316 e. The number of nitrogens with one attached hydrogen (secondary N) is 1. The van der Waals surface area contributed by atoms with Gasteiger partial charge in [0.25, 0.3) is 0 Å². The van der Waals surface area contributed by atoms with Crippen LogP contribution in [0.15, 0.2) is 12.2 Å². The van der Waals surface area contributed by atoms with E-state index in [0.717, 1.165) is 23.7 Å². The highest BCUT2D eigenvalue weighted by molar-refractivity contribution is 5.10. The lowest BCUT2D eigenvalue weighted by Gasteiger charge is -2.19. The molecule has 0 heterocycles. The Hall–Kier alpha value is -0.300. The third-order valence-corrected chi connectivity index (χ3v) is 5.03. The summed E-state index contributed by atoms with van der Waals surface area (Å²) in [5, 5.41) is 3.71. The van der Waals surface area contributed by atoms with Crippen LogP contribution in [0.3, 0.4) is 0 Å². The van der Waals surface area contributed by atoms with E-state index in [4.69, 9.17) is 0 Å². The van der Waals surface area contributed by atoms with Gasteiger partial charge >= 0.3 is 0 Å². The number of fused-ring (bicyclic) bond motifs is 2. The Morgan fingerprint density at radius 1 is 1.06 bits per heavy atom. The van der Waals surface area contributed by atoms with Gasteiger partial charge in [-0.25, -0.2) is 0 Å². The summed E-state index contributed by atoms with van der Waals surface area (Å²) in [5.41, 5.74) is 0. The summed E-state index contributed by atoms with van der Waals surface area (Å²) < 4.78 is 0. The largest absolute Gasteiger partial charge is 0.316 e. The van der Waals surface area contributed by atoms with Crippen LogP contribution in [0.4, 0.5) is 0 Å². The fourth-order valence-electron chi connectivity index (χ4n) is 4.02. The Morgan fingerprint density at radius 3 is 2.62 bits per heavy atom. The molecule has 3 atom stereocenters. The van der Waals surface area contributed by atoms with Crippen molar-refractivity contribution in [1.82, 2.24) is 5.32 Å². The predicted octanol–water partition coefficient (Wildman–Crippen LogP) is 3.37. The zero-order chi connectivity index (χ0) is 10.8. The van der Waals surface area contributed by atoms with Gasteiger partial charge < -0.3 is 5.32 Å². The molecule has 3 aliphatic carbocycles. The van der Waals surface area contributed by atoms with Crippen LogP contribution in [0, 0.1) is 23.7 Å². The van der Waals surface area contributed by atoms with E-state index in [1.807, 2.05) is 0 Å². The number of rotatable bonds is 5. The molecule has 0 aromatic carbocycles. The smallest absolute Gasteiger partial charge is 0.00147 e. The molecule has 2 saturated carbocycles. The molecule has 0 aromatic heterocycles. The highest BCUT2D eigenvalue weighted by Crippen LogP contribution is 2.42. The summed E-state index contributed by atoms with van der Waals surface area (Å²) in [5.74, 6) is 3.86. The SMILES string of the molecule is C1=CC2CC1CC2CNCCC1CCCC1. The van der Waals surface area contributed by atoms with Crippen LogP contribution in [0.2, 0.25) is 0 Å². The molecule has 0 amide bonds. The molecule has 16 heavy (non-hydrogen) atoms. The summed E-state index contributed by atoms with van der Waals surface area (Å²) in [6.45, 7) is 2.54. The molecule has 2 fully saturated rings. The first-order valence-electron chi connectivity index (χ1n) is 7.31. The van der Waals surface area contributed by atoms with Gasteiger partial charge in [-0.05, 0) is 56.0 Å². The monoisotopic (exact) mass is 219 g/mol. The third-order valence-electron chi connectivity index (χ3n) is 5.03. The molecule has 3 unspecified atom stereocenters. The van der Waals surface area contributed by atoms with E-state index in [0.29, 0.717) is 0 Å². The molecule has 1 nitrogen and oxygen atoms in total. The summed E-state index contributed by atoms with van der Waals surface area (Å²) in [6.07, 6.45) is 15.2. The van der Waals surface area contributed by atoms with Gasteiger partial charge in [-0.2, -0.15) is 0 Å². The number of hydrogen-bond donors (Lipinski definition) is 1. The van der Waals surface area contributed by atoms with E-state index in [1.165, 1.54) is 58.0 Å². The molecule has 1 heteroatoms. The van der Waals surface area contributed by atoms with Crippen LogP contribution in [-0.4, -0.2) is 13.1 Å². The first kappa shape index (κ1) is 10.8. The van der Waals surface area contributed by atoms with Gasteiger partial charge in [-0.3, -0.25) is 0 Å². The normalized spacial score (nSPS) is 37.6. The van der Waals surface area contributed by atoms with Crippen LogP contribution in [0.5, 0.6) is 0 Å². The molecule has 1 N–H and O–H groups in total. The third kappa shape index (κ3) is 2.34. The van der Waals surface area contributed by atoms with Crippen molar-refractivity contribution >= 4 is 0 Å². The quantitative estimate of drug-likeness (QED) is 0.552. The molecule has 0 aromatic rings. The van der Waals surface area contributed by atoms with Crippen molar-refractivity contribution < 1.29 is 0 Å².